The second kappa shape index (κ2) is 8.23. The van der Waals surface area contributed by atoms with Crippen LogP contribution in [0.2, 0.25) is 0 Å². The molecule has 11 heteroatoms. The van der Waals surface area contributed by atoms with Gasteiger partial charge in [-0.15, -0.1) is 6.58 Å². The number of nitro groups is 1. The van der Waals surface area contributed by atoms with Gasteiger partial charge < -0.3 is 5.32 Å². The third kappa shape index (κ3) is 4.05. The number of amides is 1. The number of allylic oxidation sites excluding steroid dienone is 1. The summed E-state index contributed by atoms with van der Waals surface area (Å²) < 4.78 is 2.24. The summed E-state index contributed by atoms with van der Waals surface area (Å²) in [5.41, 5.74) is 0.935. The van der Waals surface area contributed by atoms with E-state index in [1.54, 1.807) is 35.8 Å². The lowest BCUT2D eigenvalue weighted by Gasteiger charge is -2.03. The first-order valence-corrected chi connectivity index (χ1v) is 9.39. The lowest BCUT2D eigenvalue weighted by atomic mass is 10.1. The molecule has 0 aliphatic heterocycles. The zero-order chi connectivity index (χ0) is 20.3. The zero-order valence-corrected chi connectivity index (χ0v) is 16.5. The van der Waals surface area contributed by atoms with E-state index in [0.717, 1.165) is 4.88 Å². The van der Waals surface area contributed by atoms with Gasteiger partial charge in [0.25, 0.3) is 5.69 Å². The van der Waals surface area contributed by atoms with Crippen LogP contribution < -0.4 is 5.32 Å². The average Bonchev–Trinajstić information content (AvgIpc) is 3.18. The van der Waals surface area contributed by atoms with Crippen LogP contribution in [0.25, 0.3) is 10.7 Å². The van der Waals surface area contributed by atoms with E-state index in [1.165, 1.54) is 17.4 Å². The van der Waals surface area contributed by atoms with Crippen molar-refractivity contribution >= 4 is 40.3 Å². The van der Waals surface area contributed by atoms with Crippen LogP contribution in [0.1, 0.15) is 11.3 Å². The number of thiazole rings is 1. The van der Waals surface area contributed by atoms with Crippen molar-refractivity contribution in [2.75, 3.05) is 5.32 Å². The summed E-state index contributed by atoms with van der Waals surface area (Å²) in [6.07, 6.45) is 1.58. The third-order valence-corrected chi connectivity index (χ3v) is 5.24. The van der Waals surface area contributed by atoms with Crippen LogP contribution in [-0.2, 0) is 17.8 Å². The summed E-state index contributed by atoms with van der Waals surface area (Å²) in [5.74, 6) is 0.221. The van der Waals surface area contributed by atoms with Gasteiger partial charge in [0.1, 0.15) is 0 Å². The second-order valence-electron chi connectivity index (χ2n) is 5.80. The number of rotatable bonds is 7. The van der Waals surface area contributed by atoms with Crippen molar-refractivity contribution < 1.29 is 9.72 Å². The van der Waals surface area contributed by atoms with Gasteiger partial charge in [0.15, 0.2) is 15.7 Å². The highest BCUT2D eigenvalue weighted by Crippen LogP contribution is 2.32. The van der Waals surface area contributed by atoms with Gasteiger partial charge in [0.2, 0.25) is 5.91 Å². The molecule has 0 aliphatic rings. The summed E-state index contributed by atoms with van der Waals surface area (Å²) in [6, 6.07) is 6.15. The summed E-state index contributed by atoms with van der Waals surface area (Å²) in [5, 5.41) is 21.2. The van der Waals surface area contributed by atoms with Crippen LogP contribution in [-0.4, -0.2) is 30.6 Å². The van der Waals surface area contributed by atoms with Crippen LogP contribution in [0, 0.1) is 21.8 Å². The first kappa shape index (κ1) is 19.6. The van der Waals surface area contributed by atoms with E-state index in [9.17, 15) is 14.9 Å². The van der Waals surface area contributed by atoms with E-state index in [1.807, 2.05) is 0 Å². The molecule has 9 nitrogen and oxygen atoms in total. The maximum atomic E-state index is 12.4. The number of nitrogens with zero attached hydrogens (tertiary/aromatic N) is 4. The highest BCUT2D eigenvalue weighted by molar-refractivity contribution is 7.71. The molecule has 3 aromatic rings. The van der Waals surface area contributed by atoms with Crippen molar-refractivity contribution in [3.63, 3.8) is 0 Å². The van der Waals surface area contributed by atoms with E-state index in [-0.39, 0.29) is 18.0 Å². The van der Waals surface area contributed by atoms with Gasteiger partial charge in [-0.05, 0) is 19.1 Å². The van der Waals surface area contributed by atoms with E-state index in [2.05, 4.69) is 27.1 Å². The fourth-order valence-electron chi connectivity index (χ4n) is 2.62. The van der Waals surface area contributed by atoms with E-state index in [0.29, 0.717) is 33.5 Å². The predicted octanol–water partition coefficient (Wildman–Crippen LogP) is 3.65. The van der Waals surface area contributed by atoms with Gasteiger partial charge >= 0.3 is 0 Å². The summed E-state index contributed by atoms with van der Waals surface area (Å²) in [6.45, 7) is 6.00. The number of carbonyl (C=O) groups excluding carboxylic acids is 1. The number of H-pyrrole nitrogens is 1. The van der Waals surface area contributed by atoms with Crippen LogP contribution in [0.4, 0.5) is 10.8 Å². The maximum Gasteiger partial charge on any atom is 0.273 e. The Morgan fingerprint density at radius 2 is 2.25 bits per heavy atom. The summed E-state index contributed by atoms with van der Waals surface area (Å²) in [4.78, 5) is 28.1. The lowest BCUT2D eigenvalue weighted by molar-refractivity contribution is -0.385. The number of nitro benzene ring substituents is 1. The van der Waals surface area contributed by atoms with Crippen molar-refractivity contribution in [1.82, 2.24) is 19.7 Å². The van der Waals surface area contributed by atoms with Crippen molar-refractivity contribution in [3.8, 4) is 10.7 Å². The summed E-state index contributed by atoms with van der Waals surface area (Å²) >= 11 is 6.48. The Labute approximate surface area is 168 Å². The number of aryl methyl sites for hydroxylation is 1. The highest BCUT2D eigenvalue weighted by Gasteiger charge is 2.19. The smallest absolute Gasteiger partial charge is 0.273 e. The normalized spacial score (nSPS) is 10.6. The molecule has 0 radical (unpaired) electrons. The molecule has 0 spiro atoms. The molecule has 2 aromatic heterocycles. The van der Waals surface area contributed by atoms with Crippen LogP contribution >= 0.6 is 23.6 Å². The summed E-state index contributed by atoms with van der Waals surface area (Å²) in [7, 11) is 0. The number of carbonyl (C=O) groups is 1. The SMILES string of the molecule is C=CCn1c(-c2sc(NC(=O)Cc3ccccc3[N+](=O)[O-])nc2C)n[nH]c1=S. The molecule has 3 rings (SSSR count). The topological polar surface area (TPSA) is 119 Å². The largest absolute Gasteiger partial charge is 0.302 e. The molecule has 0 saturated heterocycles. The van der Waals surface area contributed by atoms with Gasteiger partial charge in [-0.25, -0.2) is 4.98 Å². The molecule has 2 N–H and O–H groups in total. The molecular weight excluding hydrogens is 400 g/mol. The van der Waals surface area contributed by atoms with Crippen molar-refractivity contribution in [2.45, 2.75) is 19.9 Å². The van der Waals surface area contributed by atoms with Crippen molar-refractivity contribution in [2.24, 2.45) is 0 Å². The fraction of sp³-hybridized carbons (Fsp3) is 0.176. The minimum absolute atomic E-state index is 0.0892. The number of anilines is 1. The fourth-order valence-corrected chi connectivity index (χ4v) is 3.81. The number of hydrogen-bond donors (Lipinski definition) is 2. The standard InChI is InChI=1S/C17H16N6O3S2/c1-3-8-22-15(20-21-17(22)27)14-10(2)18-16(28-14)19-13(24)9-11-6-4-5-7-12(11)23(25)26/h3-7H,1,8-9H2,2H3,(H,21,27)(H,18,19,24). The molecule has 0 fully saturated rings. The average molecular weight is 416 g/mol. The number of hydrogen-bond acceptors (Lipinski definition) is 7. The number of para-hydroxylation sites is 1. The molecule has 0 saturated carbocycles. The molecule has 0 aliphatic carbocycles. The number of nitrogens with one attached hydrogen (secondary N) is 2. The van der Waals surface area contributed by atoms with E-state index < -0.39 is 4.92 Å². The zero-order valence-electron chi connectivity index (χ0n) is 14.8. The Bertz CT molecular complexity index is 1110. The Kier molecular flexibility index (Phi) is 5.76. The van der Waals surface area contributed by atoms with Gasteiger partial charge in [-0.3, -0.25) is 24.6 Å². The third-order valence-electron chi connectivity index (χ3n) is 3.86. The molecule has 2 heterocycles. The monoisotopic (exact) mass is 416 g/mol. The molecule has 1 amide bonds. The van der Waals surface area contributed by atoms with Crippen molar-refractivity contribution in [1.29, 1.82) is 0 Å². The Balaban J connectivity index is 1.81. The molecular formula is C17H16N6O3S2. The minimum Gasteiger partial charge on any atom is -0.302 e. The maximum absolute atomic E-state index is 12.4. The van der Waals surface area contributed by atoms with Gasteiger partial charge in [0, 0.05) is 18.2 Å². The second-order valence-corrected chi connectivity index (χ2v) is 7.18. The molecule has 144 valence electrons. The first-order valence-electron chi connectivity index (χ1n) is 8.16. The van der Waals surface area contributed by atoms with Gasteiger partial charge in [-0.2, -0.15) is 5.10 Å². The molecule has 1 aromatic carbocycles. The molecule has 28 heavy (non-hydrogen) atoms. The Morgan fingerprint density at radius 1 is 1.50 bits per heavy atom. The lowest BCUT2D eigenvalue weighted by Crippen LogP contribution is -2.15. The van der Waals surface area contributed by atoms with Gasteiger partial charge in [0.05, 0.1) is 21.9 Å². The minimum atomic E-state index is -0.503. The van der Waals surface area contributed by atoms with Crippen LogP contribution in [0.15, 0.2) is 36.9 Å². The first-order chi connectivity index (χ1) is 13.4. The molecule has 0 atom stereocenters. The Morgan fingerprint density at radius 3 is 2.96 bits per heavy atom. The van der Waals surface area contributed by atoms with Crippen molar-refractivity contribution in [3.05, 3.63) is 63.1 Å². The van der Waals surface area contributed by atoms with Gasteiger partial charge in [-0.1, -0.05) is 35.6 Å². The number of aromatic amines is 1. The predicted molar refractivity (Wildman–Crippen MR) is 109 cm³/mol. The number of aromatic nitrogens is 4. The molecule has 0 unspecified atom stereocenters. The number of benzene rings is 1. The van der Waals surface area contributed by atoms with Crippen LogP contribution in [0.3, 0.4) is 0 Å². The van der Waals surface area contributed by atoms with E-state index in [4.69, 9.17) is 12.2 Å². The quantitative estimate of drug-likeness (QED) is 0.263. The van der Waals surface area contributed by atoms with Crippen LogP contribution in [0.5, 0.6) is 0 Å². The van der Waals surface area contributed by atoms with E-state index >= 15 is 0 Å². The highest BCUT2D eigenvalue weighted by atomic mass is 32.1. The molecule has 0 bridgehead atoms. The Hall–Kier alpha value is -3.18.